The lowest BCUT2D eigenvalue weighted by atomic mass is 10.1. The van der Waals surface area contributed by atoms with Gasteiger partial charge in [-0.05, 0) is 30.2 Å². The minimum absolute atomic E-state index is 0.0399. The Bertz CT molecular complexity index is 547. The van der Waals surface area contributed by atoms with Crippen LogP contribution in [0.1, 0.15) is 17.5 Å². The first-order valence-corrected chi connectivity index (χ1v) is 6.27. The number of rotatable bonds is 4. The number of likely N-dealkylation sites (N-methyl/N-ethyl adjacent to an activating group) is 1. The van der Waals surface area contributed by atoms with Crippen molar-refractivity contribution in [3.8, 4) is 0 Å². The van der Waals surface area contributed by atoms with E-state index in [0.29, 0.717) is 17.7 Å². The van der Waals surface area contributed by atoms with Gasteiger partial charge >= 0.3 is 0 Å². The number of nitrogens with zero attached hydrogens (tertiary/aromatic N) is 2. The van der Waals surface area contributed by atoms with Gasteiger partial charge in [-0.15, -0.1) is 0 Å². The van der Waals surface area contributed by atoms with Crippen LogP contribution in [0.5, 0.6) is 0 Å². The minimum atomic E-state index is -0.472. The predicted octanol–water partition coefficient (Wildman–Crippen LogP) is 0.240. The van der Waals surface area contributed by atoms with E-state index in [0.717, 1.165) is 13.0 Å². The minimum Gasteiger partial charge on any atom is -0.409 e. The van der Waals surface area contributed by atoms with Gasteiger partial charge in [-0.3, -0.25) is 4.79 Å². The molecule has 0 aromatic heterocycles. The third-order valence-corrected chi connectivity index (χ3v) is 3.34. The largest absolute Gasteiger partial charge is 0.409 e. The van der Waals surface area contributed by atoms with E-state index in [1.807, 2.05) is 0 Å². The Hall–Kier alpha value is -2.15. The van der Waals surface area contributed by atoms with Crippen molar-refractivity contribution in [3.63, 3.8) is 0 Å². The molecule has 7 heteroatoms. The molecule has 0 saturated carbocycles. The molecule has 0 bridgehead atoms. The number of carbonyl (C=O) groups is 1. The van der Waals surface area contributed by atoms with Crippen LogP contribution >= 0.6 is 0 Å². The zero-order valence-electron chi connectivity index (χ0n) is 11.1. The quantitative estimate of drug-likeness (QED) is 0.319. The third kappa shape index (κ3) is 3.05. The number of hydrogen-bond donors (Lipinski definition) is 3. The summed E-state index contributed by atoms with van der Waals surface area (Å²) in [5.74, 6) is -0.582. The summed E-state index contributed by atoms with van der Waals surface area (Å²) in [4.78, 5) is 13.4. The number of hydrogen-bond acceptors (Lipinski definition) is 4. The molecule has 1 amide bonds. The summed E-state index contributed by atoms with van der Waals surface area (Å²) in [6, 6.07) is 3.92. The highest BCUT2D eigenvalue weighted by atomic mass is 19.1. The topological polar surface area (TPSA) is 90.9 Å². The average molecular weight is 280 g/mol. The van der Waals surface area contributed by atoms with E-state index < -0.39 is 5.82 Å². The second kappa shape index (κ2) is 5.87. The van der Waals surface area contributed by atoms with E-state index in [9.17, 15) is 9.18 Å². The number of benzene rings is 1. The molecule has 1 heterocycles. The van der Waals surface area contributed by atoms with Crippen molar-refractivity contribution in [2.24, 2.45) is 10.9 Å². The average Bonchev–Trinajstić information content (AvgIpc) is 2.75. The van der Waals surface area contributed by atoms with Crippen molar-refractivity contribution < 1.29 is 14.4 Å². The highest BCUT2D eigenvalue weighted by Crippen LogP contribution is 2.12. The fourth-order valence-corrected chi connectivity index (χ4v) is 2.21. The van der Waals surface area contributed by atoms with Gasteiger partial charge in [-0.25, -0.2) is 4.39 Å². The smallest absolute Gasteiger partial charge is 0.239 e. The number of amidine groups is 1. The maximum atomic E-state index is 13.5. The molecular weight excluding hydrogens is 263 g/mol. The van der Waals surface area contributed by atoms with E-state index in [4.69, 9.17) is 10.9 Å². The number of nitrogens with one attached hydrogen (secondary N) is 1. The molecule has 1 aromatic carbocycles. The first-order valence-electron chi connectivity index (χ1n) is 6.27. The van der Waals surface area contributed by atoms with Gasteiger partial charge in [0.1, 0.15) is 5.82 Å². The third-order valence-electron chi connectivity index (χ3n) is 3.34. The number of carbonyl (C=O) groups excluding carboxylic acids is 1. The van der Waals surface area contributed by atoms with Crippen LogP contribution in [0.25, 0.3) is 0 Å². The molecule has 1 aromatic rings. The van der Waals surface area contributed by atoms with Crippen LogP contribution < -0.4 is 11.1 Å². The molecule has 20 heavy (non-hydrogen) atoms. The van der Waals surface area contributed by atoms with Crippen molar-refractivity contribution >= 4 is 11.7 Å². The van der Waals surface area contributed by atoms with Gasteiger partial charge in [-0.2, -0.15) is 0 Å². The molecule has 1 aliphatic heterocycles. The highest BCUT2D eigenvalue weighted by Gasteiger charge is 2.28. The maximum absolute atomic E-state index is 13.5. The molecule has 0 aliphatic carbocycles. The number of amides is 1. The summed E-state index contributed by atoms with van der Waals surface area (Å²) in [6.45, 7) is 1.06. The lowest BCUT2D eigenvalue weighted by Gasteiger charge is -2.12. The van der Waals surface area contributed by atoms with Gasteiger partial charge in [0.2, 0.25) is 5.91 Å². The molecule has 6 nitrogen and oxygen atoms in total. The van der Waals surface area contributed by atoms with Crippen LogP contribution in [-0.2, 0) is 11.3 Å². The molecule has 0 spiro atoms. The number of nitrogens with two attached hydrogens (primary N) is 1. The van der Waals surface area contributed by atoms with Crippen LogP contribution in [0, 0.1) is 5.82 Å². The fraction of sp³-hybridized carbons (Fsp3) is 0.385. The molecule has 4 N–H and O–H groups in total. The molecule has 108 valence electrons. The van der Waals surface area contributed by atoms with Crippen LogP contribution in [0.3, 0.4) is 0 Å². The van der Waals surface area contributed by atoms with Crippen LogP contribution in [0.15, 0.2) is 23.4 Å². The van der Waals surface area contributed by atoms with E-state index in [1.54, 1.807) is 18.0 Å². The van der Waals surface area contributed by atoms with Crippen LogP contribution in [0.4, 0.5) is 4.39 Å². The van der Waals surface area contributed by atoms with Gasteiger partial charge in [0.05, 0.1) is 6.04 Å². The zero-order valence-corrected chi connectivity index (χ0v) is 11.1. The number of halogens is 1. The van der Waals surface area contributed by atoms with Crippen molar-refractivity contribution in [3.05, 3.63) is 35.1 Å². The normalized spacial score (nSPS) is 19.7. The second-order valence-electron chi connectivity index (χ2n) is 4.82. The van der Waals surface area contributed by atoms with Crippen molar-refractivity contribution in [2.45, 2.75) is 19.0 Å². The van der Waals surface area contributed by atoms with Gasteiger partial charge in [0, 0.05) is 25.7 Å². The molecule has 2 rings (SSSR count). The van der Waals surface area contributed by atoms with Gasteiger partial charge < -0.3 is 21.2 Å². The van der Waals surface area contributed by atoms with Crippen molar-refractivity contribution in [1.29, 1.82) is 0 Å². The SMILES string of the molecule is CN1CCC(NCc2cc(F)cc(/C(N)=N/O)c2)C1=O. The number of likely N-dealkylation sites (tertiary alicyclic amines) is 1. The molecule has 1 unspecified atom stereocenters. The Morgan fingerprint density at radius 3 is 2.95 bits per heavy atom. The lowest BCUT2D eigenvalue weighted by Crippen LogP contribution is -2.36. The van der Waals surface area contributed by atoms with Gasteiger partial charge in [-0.1, -0.05) is 5.16 Å². The van der Waals surface area contributed by atoms with Crippen LogP contribution in [0.2, 0.25) is 0 Å². The fourth-order valence-electron chi connectivity index (χ4n) is 2.21. The maximum Gasteiger partial charge on any atom is 0.239 e. The van der Waals surface area contributed by atoms with Crippen LogP contribution in [-0.4, -0.2) is 41.5 Å². The van der Waals surface area contributed by atoms with Gasteiger partial charge in [0.25, 0.3) is 0 Å². The summed E-state index contributed by atoms with van der Waals surface area (Å²) in [6.07, 6.45) is 0.734. The Morgan fingerprint density at radius 1 is 1.60 bits per heavy atom. The summed E-state index contributed by atoms with van der Waals surface area (Å²) in [5.41, 5.74) is 6.38. The van der Waals surface area contributed by atoms with E-state index in [-0.39, 0.29) is 17.8 Å². The Morgan fingerprint density at radius 2 is 2.35 bits per heavy atom. The summed E-state index contributed by atoms with van der Waals surface area (Å²) < 4.78 is 13.5. The van der Waals surface area contributed by atoms with Crippen molar-refractivity contribution in [1.82, 2.24) is 10.2 Å². The molecule has 1 fully saturated rings. The summed E-state index contributed by atoms with van der Waals surface area (Å²) in [5, 5.41) is 14.5. The van der Waals surface area contributed by atoms with E-state index >= 15 is 0 Å². The molecule has 0 radical (unpaired) electrons. The second-order valence-corrected chi connectivity index (χ2v) is 4.82. The zero-order chi connectivity index (χ0) is 14.7. The molecule has 1 aliphatic rings. The van der Waals surface area contributed by atoms with Gasteiger partial charge in [0.15, 0.2) is 5.84 Å². The number of oxime groups is 1. The standard InChI is InChI=1S/C13H17FN4O2/c1-18-3-2-11(13(18)19)16-7-8-4-9(12(15)17-20)6-10(14)5-8/h4-6,11,16,20H,2-3,7H2,1H3,(H2,15,17). The molecular formula is C13H17FN4O2. The lowest BCUT2D eigenvalue weighted by molar-refractivity contribution is -0.128. The monoisotopic (exact) mass is 280 g/mol. The van der Waals surface area contributed by atoms with E-state index in [1.165, 1.54) is 12.1 Å². The van der Waals surface area contributed by atoms with Crippen molar-refractivity contribution in [2.75, 3.05) is 13.6 Å². The highest BCUT2D eigenvalue weighted by molar-refractivity contribution is 5.97. The Kier molecular flexibility index (Phi) is 4.19. The van der Waals surface area contributed by atoms with E-state index in [2.05, 4.69) is 10.5 Å². The Balaban J connectivity index is 2.06. The summed E-state index contributed by atoms with van der Waals surface area (Å²) >= 11 is 0. The molecule has 1 atom stereocenters. The summed E-state index contributed by atoms with van der Waals surface area (Å²) in [7, 11) is 1.75. The predicted molar refractivity (Wildman–Crippen MR) is 71.8 cm³/mol. The first-order chi connectivity index (χ1) is 9.51. The first kappa shape index (κ1) is 14.3. The Labute approximate surface area is 116 Å². The molecule has 1 saturated heterocycles.